The van der Waals surface area contributed by atoms with Crippen molar-refractivity contribution in [3.05, 3.63) is 215 Å². The molecule has 0 radical (unpaired) electrons. The van der Waals surface area contributed by atoms with Gasteiger partial charge in [-0.2, -0.15) is 0 Å². The van der Waals surface area contributed by atoms with Gasteiger partial charge in [0.2, 0.25) is 0 Å². The van der Waals surface area contributed by atoms with Crippen LogP contribution in [-0.4, -0.2) is 93.7 Å². The van der Waals surface area contributed by atoms with Gasteiger partial charge in [-0.05, 0) is 41.0 Å². The Labute approximate surface area is 395 Å². The first-order valence-corrected chi connectivity index (χ1v) is 22.8. The topological polar surface area (TPSA) is 136 Å². The Hall–Kier alpha value is -6.10. The number of fused-ring (bicyclic) bond motifs is 1. The minimum atomic E-state index is -1.36. The number of carbonyl (C=O) groups is 2. The fraction of sp³-hybridized carbons (Fsp3) is 0.309. The summed E-state index contributed by atoms with van der Waals surface area (Å²) >= 11 is 0. The molecular weight excluding hydrogens is 869 g/mol. The smallest absolute Gasteiger partial charge is 0.338 e. The number of carbonyl (C=O) groups excluding carboxylic acids is 2. The maximum absolute atomic E-state index is 14.2. The summed E-state index contributed by atoms with van der Waals surface area (Å²) in [5.41, 5.74) is 4.10. The van der Waals surface area contributed by atoms with Crippen molar-refractivity contribution in [2.45, 2.75) is 87.5 Å². The molecule has 3 saturated heterocycles. The van der Waals surface area contributed by atoms with Crippen molar-refractivity contribution in [1.29, 1.82) is 0 Å². The van der Waals surface area contributed by atoms with Crippen LogP contribution in [0.5, 0.6) is 0 Å². The summed E-state index contributed by atoms with van der Waals surface area (Å²) in [6.07, 6.45) is -11.3. The Morgan fingerprint density at radius 1 is 0.500 bits per heavy atom. The highest BCUT2D eigenvalue weighted by molar-refractivity contribution is 5.90. The van der Waals surface area contributed by atoms with E-state index < -0.39 is 79.6 Å². The molecule has 6 aromatic carbocycles. The molecule has 9 rings (SSSR count). The first-order valence-electron chi connectivity index (χ1n) is 22.8. The minimum absolute atomic E-state index is 0.0641. The molecule has 3 heterocycles. The van der Waals surface area contributed by atoms with Crippen LogP contribution in [0.4, 0.5) is 0 Å². The van der Waals surface area contributed by atoms with Gasteiger partial charge >= 0.3 is 11.9 Å². The van der Waals surface area contributed by atoms with E-state index in [0.29, 0.717) is 0 Å². The van der Waals surface area contributed by atoms with E-state index in [2.05, 4.69) is 0 Å². The standard InChI is InChI=1S/C55H54O13/c1-58-54-50(66-52(57)41-28-16-6-17-29-41)48(65-51(56)40-26-14-5-15-27-40)46(43(63-54)35-59-32-37-20-8-2-9-21-37)68-55-49(61-34-39-24-12-4-13-25-39)47(60-33-38-22-10-3-11-23-38)45-44(64-55)36-62-53(67-45)42-30-18-7-19-31-42/h2-31,43-50,53-55H,32-36H2,1H3/t43-,44-,45-,46-,47+,48+,49+,50-,53?,54+,55+/m1/s1. The Balaban J connectivity index is 1.10. The van der Waals surface area contributed by atoms with Crippen molar-refractivity contribution in [2.24, 2.45) is 0 Å². The van der Waals surface area contributed by atoms with E-state index in [9.17, 15) is 9.59 Å². The van der Waals surface area contributed by atoms with Gasteiger partial charge in [0.1, 0.15) is 36.6 Å². The molecule has 11 atom stereocenters. The lowest BCUT2D eigenvalue weighted by atomic mass is 9.95. The molecule has 3 aliphatic heterocycles. The number of hydrogen-bond acceptors (Lipinski definition) is 13. The highest BCUT2D eigenvalue weighted by atomic mass is 16.8. The zero-order chi connectivity index (χ0) is 46.5. The summed E-state index contributed by atoms with van der Waals surface area (Å²) in [5, 5.41) is 0. The van der Waals surface area contributed by atoms with Gasteiger partial charge in [0, 0.05) is 12.7 Å². The van der Waals surface area contributed by atoms with Gasteiger partial charge < -0.3 is 52.1 Å². The molecule has 0 saturated carbocycles. The van der Waals surface area contributed by atoms with Crippen LogP contribution >= 0.6 is 0 Å². The SMILES string of the molecule is CO[C@H]1O[C@H](COCc2ccccc2)[C@@H](O[C@@H]2O[C@@H]3COC(c4ccccc4)O[C@H]3[C@H](OCc3ccccc3)[C@@H]2OCc2ccccc2)[C@H](OC(=O)c2ccccc2)[C@H]1OC(=O)c1ccccc1. The lowest BCUT2D eigenvalue weighted by Crippen LogP contribution is -2.67. The fourth-order valence-corrected chi connectivity index (χ4v) is 8.51. The lowest BCUT2D eigenvalue weighted by molar-refractivity contribution is -0.393. The van der Waals surface area contributed by atoms with Crippen LogP contribution in [0.3, 0.4) is 0 Å². The molecule has 0 aromatic heterocycles. The Bertz CT molecular complexity index is 2450. The molecule has 0 spiro atoms. The van der Waals surface area contributed by atoms with Gasteiger partial charge in [-0.3, -0.25) is 0 Å². The summed E-state index contributed by atoms with van der Waals surface area (Å²) in [4.78, 5) is 28.2. The monoisotopic (exact) mass is 922 g/mol. The van der Waals surface area contributed by atoms with Crippen molar-refractivity contribution in [1.82, 2.24) is 0 Å². The third-order valence-electron chi connectivity index (χ3n) is 11.9. The van der Waals surface area contributed by atoms with E-state index in [0.717, 1.165) is 22.3 Å². The highest BCUT2D eigenvalue weighted by Gasteiger charge is 2.57. The quantitative estimate of drug-likeness (QED) is 0.0765. The van der Waals surface area contributed by atoms with Gasteiger partial charge in [0.05, 0.1) is 44.2 Å². The second-order valence-corrected chi connectivity index (χ2v) is 16.6. The number of benzene rings is 6. The minimum Gasteiger partial charge on any atom is -0.452 e. The molecule has 352 valence electrons. The molecule has 3 aliphatic rings. The molecule has 6 aromatic rings. The maximum atomic E-state index is 14.2. The number of methoxy groups -OCH3 is 1. The zero-order valence-corrected chi connectivity index (χ0v) is 37.5. The lowest BCUT2D eigenvalue weighted by Gasteiger charge is -2.51. The van der Waals surface area contributed by atoms with Crippen molar-refractivity contribution >= 4 is 11.9 Å². The first kappa shape index (κ1) is 47.0. The molecule has 13 nitrogen and oxygen atoms in total. The van der Waals surface area contributed by atoms with Gasteiger partial charge in [-0.15, -0.1) is 0 Å². The fourth-order valence-electron chi connectivity index (χ4n) is 8.51. The average molecular weight is 923 g/mol. The van der Waals surface area contributed by atoms with Crippen LogP contribution in [0.1, 0.15) is 49.3 Å². The highest BCUT2D eigenvalue weighted by Crippen LogP contribution is 2.40. The Morgan fingerprint density at radius 2 is 0.985 bits per heavy atom. The molecular formula is C55H54O13. The van der Waals surface area contributed by atoms with Gasteiger partial charge in [0.15, 0.2) is 31.1 Å². The third kappa shape index (κ3) is 11.8. The van der Waals surface area contributed by atoms with Gasteiger partial charge in [0.25, 0.3) is 0 Å². The van der Waals surface area contributed by atoms with E-state index in [1.165, 1.54) is 7.11 Å². The summed E-state index contributed by atoms with van der Waals surface area (Å²) in [6, 6.07) is 55.9. The summed E-state index contributed by atoms with van der Waals surface area (Å²) < 4.78 is 72.5. The second kappa shape index (κ2) is 23.3. The first-order chi connectivity index (χ1) is 33.5. The predicted octanol–water partition coefficient (Wildman–Crippen LogP) is 8.42. The summed E-state index contributed by atoms with van der Waals surface area (Å²) in [6.45, 7) is 0.632. The number of rotatable bonds is 18. The molecule has 0 N–H and O–H groups in total. The number of ether oxygens (including phenoxy) is 11. The number of esters is 2. The van der Waals surface area contributed by atoms with E-state index >= 15 is 0 Å². The van der Waals surface area contributed by atoms with Crippen molar-refractivity contribution in [3.8, 4) is 0 Å². The van der Waals surface area contributed by atoms with Crippen LogP contribution < -0.4 is 0 Å². The van der Waals surface area contributed by atoms with Crippen LogP contribution in [0, 0.1) is 0 Å². The van der Waals surface area contributed by atoms with Crippen LogP contribution in [0.25, 0.3) is 0 Å². The predicted molar refractivity (Wildman–Crippen MR) is 247 cm³/mol. The van der Waals surface area contributed by atoms with Crippen molar-refractivity contribution < 1.29 is 61.7 Å². The summed E-state index contributed by atoms with van der Waals surface area (Å²) in [7, 11) is 1.42. The van der Waals surface area contributed by atoms with Crippen molar-refractivity contribution in [2.75, 3.05) is 20.3 Å². The zero-order valence-electron chi connectivity index (χ0n) is 37.5. The molecule has 0 amide bonds. The molecule has 0 bridgehead atoms. The van der Waals surface area contributed by atoms with E-state index in [1.807, 2.05) is 121 Å². The van der Waals surface area contributed by atoms with E-state index in [-0.39, 0.29) is 44.2 Å². The van der Waals surface area contributed by atoms with Crippen LogP contribution in [0.2, 0.25) is 0 Å². The molecule has 0 aliphatic carbocycles. The molecule has 13 heteroatoms. The molecule has 68 heavy (non-hydrogen) atoms. The third-order valence-corrected chi connectivity index (χ3v) is 11.9. The molecule has 3 fully saturated rings. The summed E-state index contributed by atoms with van der Waals surface area (Å²) in [5.74, 6) is -1.39. The van der Waals surface area contributed by atoms with E-state index in [1.54, 1.807) is 60.7 Å². The van der Waals surface area contributed by atoms with Crippen LogP contribution in [0.15, 0.2) is 182 Å². The average Bonchev–Trinajstić information content (AvgIpc) is 3.40. The number of hydrogen-bond donors (Lipinski definition) is 0. The van der Waals surface area contributed by atoms with Crippen molar-refractivity contribution in [3.63, 3.8) is 0 Å². The Kier molecular flexibility index (Phi) is 16.1. The Morgan fingerprint density at radius 3 is 1.53 bits per heavy atom. The van der Waals surface area contributed by atoms with Gasteiger partial charge in [-0.1, -0.05) is 158 Å². The normalized spacial score (nSPS) is 26.8. The largest absolute Gasteiger partial charge is 0.452 e. The van der Waals surface area contributed by atoms with E-state index in [4.69, 9.17) is 52.1 Å². The second-order valence-electron chi connectivity index (χ2n) is 16.6. The maximum Gasteiger partial charge on any atom is 0.338 e. The molecule has 1 unspecified atom stereocenters. The van der Waals surface area contributed by atoms with Crippen LogP contribution in [-0.2, 0) is 71.9 Å². The van der Waals surface area contributed by atoms with Gasteiger partial charge in [-0.25, -0.2) is 9.59 Å².